The molecule has 3 heteroatoms. The first kappa shape index (κ1) is 14.0. The molecule has 1 rings (SSSR count). The van der Waals surface area contributed by atoms with E-state index >= 15 is 0 Å². The Kier molecular flexibility index (Phi) is 4.97. The van der Waals surface area contributed by atoms with E-state index in [4.69, 9.17) is 15.6 Å². The number of nitrogens with two attached hydrogens (primary N) is 1. The number of benzene rings is 1. The smallest absolute Gasteiger partial charge is 0.119 e. The molecule has 3 N–H and O–H groups in total. The van der Waals surface area contributed by atoms with E-state index in [1.165, 1.54) is 5.56 Å². The van der Waals surface area contributed by atoms with Gasteiger partial charge in [0.2, 0.25) is 0 Å². The topological polar surface area (TPSA) is 55.5 Å². The van der Waals surface area contributed by atoms with Crippen LogP contribution in [0.5, 0.6) is 5.75 Å². The largest absolute Gasteiger partial charge is 0.494 e. The van der Waals surface area contributed by atoms with Crippen LogP contribution in [0.4, 0.5) is 0 Å². The fraction of sp³-hybridized carbons (Fsp3) is 0.571. The van der Waals surface area contributed by atoms with E-state index in [0.29, 0.717) is 18.9 Å². The second-order valence-electron chi connectivity index (χ2n) is 5.13. The summed E-state index contributed by atoms with van der Waals surface area (Å²) in [7, 11) is 0. The maximum atomic E-state index is 9.01. The molecule has 0 heterocycles. The SMILES string of the molecule is CC(C)c1ccc(OCCC(C)(N)CO)cc1. The Morgan fingerprint density at radius 1 is 1.29 bits per heavy atom. The molecular formula is C14H23NO2. The van der Waals surface area contributed by atoms with Crippen molar-refractivity contribution in [3.05, 3.63) is 29.8 Å². The van der Waals surface area contributed by atoms with Crippen molar-refractivity contribution in [3.63, 3.8) is 0 Å². The van der Waals surface area contributed by atoms with Gasteiger partial charge in [0.15, 0.2) is 0 Å². The quantitative estimate of drug-likeness (QED) is 0.798. The van der Waals surface area contributed by atoms with Gasteiger partial charge in [0, 0.05) is 12.0 Å². The van der Waals surface area contributed by atoms with Crippen molar-refractivity contribution in [3.8, 4) is 5.75 Å². The zero-order valence-electron chi connectivity index (χ0n) is 10.9. The Balaban J connectivity index is 2.42. The molecule has 1 atom stereocenters. The molecule has 0 radical (unpaired) electrons. The molecule has 0 aliphatic rings. The molecule has 0 amide bonds. The monoisotopic (exact) mass is 237 g/mol. The van der Waals surface area contributed by atoms with E-state index in [0.717, 1.165) is 5.75 Å². The lowest BCUT2D eigenvalue weighted by molar-refractivity contribution is 0.175. The third-order valence-electron chi connectivity index (χ3n) is 2.85. The number of aliphatic hydroxyl groups excluding tert-OH is 1. The van der Waals surface area contributed by atoms with Gasteiger partial charge in [-0.15, -0.1) is 0 Å². The van der Waals surface area contributed by atoms with Gasteiger partial charge in [0.1, 0.15) is 5.75 Å². The van der Waals surface area contributed by atoms with E-state index < -0.39 is 5.54 Å². The van der Waals surface area contributed by atoms with Crippen LogP contribution in [-0.2, 0) is 0 Å². The van der Waals surface area contributed by atoms with Crippen LogP contribution in [-0.4, -0.2) is 23.9 Å². The Morgan fingerprint density at radius 3 is 2.35 bits per heavy atom. The highest BCUT2D eigenvalue weighted by atomic mass is 16.5. The summed E-state index contributed by atoms with van der Waals surface area (Å²) in [6.45, 7) is 6.64. The highest BCUT2D eigenvalue weighted by molar-refractivity contribution is 5.28. The van der Waals surface area contributed by atoms with Gasteiger partial charge in [-0.05, 0) is 30.5 Å². The molecule has 0 aromatic heterocycles. The molecule has 96 valence electrons. The Bertz CT molecular complexity index is 331. The number of hydrogen-bond acceptors (Lipinski definition) is 3. The third kappa shape index (κ3) is 4.75. The van der Waals surface area contributed by atoms with Crippen molar-refractivity contribution in [1.82, 2.24) is 0 Å². The number of ether oxygens (including phenoxy) is 1. The van der Waals surface area contributed by atoms with Gasteiger partial charge in [0.05, 0.1) is 13.2 Å². The molecule has 1 aromatic carbocycles. The standard InChI is InChI=1S/C14H23NO2/c1-11(2)12-4-6-13(7-5-12)17-9-8-14(3,15)10-16/h4-7,11,16H,8-10,15H2,1-3H3. The van der Waals surface area contributed by atoms with Gasteiger partial charge in [-0.25, -0.2) is 0 Å². The van der Waals surface area contributed by atoms with Crippen LogP contribution >= 0.6 is 0 Å². The van der Waals surface area contributed by atoms with Gasteiger partial charge in [-0.1, -0.05) is 26.0 Å². The number of hydrogen-bond donors (Lipinski definition) is 2. The van der Waals surface area contributed by atoms with Gasteiger partial charge in [-0.2, -0.15) is 0 Å². The first-order valence-electron chi connectivity index (χ1n) is 6.07. The summed E-state index contributed by atoms with van der Waals surface area (Å²) in [5.74, 6) is 1.38. The summed E-state index contributed by atoms with van der Waals surface area (Å²) in [5.41, 5.74) is 6.56. The fourth-order valence-corrected chi connectivity index (χ4v) is 1.43. The van der Waals surface area contributed by atoms with E-state index in [2.05, 4.69) is 26.0 Å². The van der Waals surface area contributed by atoms with Gasteiger partial charge in [0.25, 0.3) is 0 Å². The van der Waals surface area contributed by atoms with E-state index in [1.54, 1.807) is 0 Å². The zero-order valence-corrected chi connectivity index (χ0v) is 10.9. The van der Waals surface area contributed by atoms with E-state index in [1.807, 2.05) is 19.1 Å². The van der Waals surface area contributed by atoms with Crippen LogP contribution in [0.1, 0.15) is 38.7 Å². The van der Waals surface area contributed by atoms with Crippen molar-refractivity contribution < 1.29 is 9.84 Å². The fourth-order valence-electron chi connectivity index (χ4n) is 1.43. The second kappa shape index (κ2) is 6.03. The van der Waals surface area contributed by atoms with Gasteiger partial charge >= 0.3 is 0 Å². The predicted octanol–water partition coefficient (Wildman–Crippen LogP) is 2.29. The van der Waals surface area contributed by atoms with Crippen LogP contribution in [0.25, 0.3) is 0 Å². The van der Waals surface area contributed by atoms with Crippen molar-refractivity contribution in [2.24, 2.45) is 5.73 Å². The maximum absolute atomic E-state index is 9.01. The summed E-state index contributed by atoms with van der Waals surface area (Å²) in [5, 5.41) is 9.01. The van der Waals surface area contributed by atoms with E-state index in [9.17, 15) is 0 Å². The molecule has 3 nitrogen and oxygen atoms in total. The van der Waals surface area contributed by atoms with Crippen LogP contribution in [0.15, 0.2) is 24.3 Å². The summed E-state index contributed by atoms with van der Waals surface area (Å²) >= 11 is 0. The Hall–Kier alpha value is -1.06. The van der Waals surface area contributed by atoms with Crippen LogP contribution in [0, 0.1) is 0 Å². The van der Waals surface area contributed by atoms with Crippen molar-refractivity contribution in [1.29, 1.82) is 0 Å². The number of rotatable bonds is 6. The second-order valence-corrected chi connectivity index (χ2v) is 5.13. The molecule has 0 aliphatic heterocycles. The summed E-state index contributed by atoms with van der Waals surface area (Å²) in [4.78, 5) is 0. The average Bonchev–Trinajstić information content (AvgIpc) is 2.29. The van der Waals surface area contributed by atoms with Crippen LogP contribution in [0.2, 0.25) is 0 Å². The first-order valence-corrected chi connectivity index (χ1v) is 6.07. The van der Waals surface area contributed by atoms with Gasteiger partial charge < -0.3 is 15.6 Å². The van der Waals surface area contributed by atoms with Crippen molar-refractivity contribution in [2.75, 3.05) is 13.2 Å². The van der Waals surface area contributed by atoms with E-state index in [-0.39, 0.29) is 6.61 Å². The highest BCUT2D eigenvalue weighted by Crippen LogP contribution is 2.19. The molecule has 0 bridgehead atoms. The van der Waals surface area contributed by atoms with Crippen molar-refractivity contribution in [2.45, 2.75) is 38.6 Å². The van der Waals surface area contributed by atoms with Crippen LogP contribution < -0.4 is 10.5 Å². The molecule has 0 aliphatic carbocycles. The normalized spacial score (nSPS) is 14.7. The molecule has 0 saturated heterocycles. The summed E-state index contributed by atoms with van der Waals surface area (Å²) in [6.07, 6.45) is 0.634. The first-order chi connectivity index (χ1) is 7.94. The maximum Gasteiger partial charge on any atom is 0.119 e. The summed E-state index contributed by atoms with van der Waals surface area (Å²) < 4.78 is 5.59. The minimum Gasteiger partial charge on any atom is -0.494 e. The van der Waals surface area contributed by atoms with Gasteiger partial charge in [-0.3, -0.25) is 0 Å². The van der Waals surface area contributed by atoms with Crippen molar-refractivity contribution >= 4 is 0 Å². The lowest BCUT2D eigenvalue weighted by Gasteiger charge is -2.21. The summed E-state index contributed by atoms with van der Waals surface area (Å²) in [6, 6.07) is 8.10. The van der Waals surface area contributed by atoms with Crippen LogP contribution in [0.3, 0.4) is 0 Å². The molecule has 17 heavy (non-hydrogen) atoms. The predicted molar refractivity (Wildman–Crippen MR) is 70.3 cm³/mol. The lowest BCUT2D eigenvalue weighted by Crippen LogP contribution is -2.41. The minimum absolute atomic E-state index is 0.0252. The average molecular weight is 237 g/mol. The lowest BCUT2D eigenvalue weighted by atomic mass is 10.0. The zero-order chi connectivity index (χ0) is 12.9. The molecular weight excluding hydrogens is 214 g/mol. The molecule has 1 unspecified atom stereocenters. The highest BCUT2D eigenvalue weighted by Gasteiger charge is 2.16. The number of aliphatic hydroxyl groups is 1. The minimum atomic E-state index is -0.558. The molecule has 1 aromatic rings. The third-order valence-corrected chi connectivity index (χ3v) is 2.85. The molecule has 0 spiro atoms. The Morgan fingerprint density at radius 2 is 1.88 bits per heavy atom. The molecule has 0 fully saturated rings. The molecule has 0 saturated carbocycles. The Labute approximate surface area is 104 Å².